The number of fused-ring (bicyclic) bond motifs is 2. The Morgan fingerprint density at radius 3 is 2.78 bits per heavy atom. The Balaban J connectivity index is 1.36. The zero-order valence-corrected chi connectivity index (χ0v) is 16.4. The highest BCUT2D eigenvalue weighted by Gasteiger charge is 2.43. The van der Waals surface area contributed by atoms with Crippen LogP contribution in [0.3, 0.4) is 0 Å². The molecule has 1 spiro atoms. The minimum Gasteiger partial charge on any atom is -0.370 e. The molecule has 0 radical (unpaired) electrons. The zero-order chi connectivity index (χ0) is 18.3. The van der Waals surface area contributed by atoms with Gasteiger partial charge in [0.25, 0.3) is 0 Å². The molecule has 1 aromatic carbocycles. The molecule has 2 saturated heterocycles. The van der Waals surface area contributed by atoms with Crippen molar-refractivity contribution >= 4 is 17.2 Å². The minimum absolute atomic E-state index is 0.0349. The van der Waals surface area contributed by atoms with Crippen LogP contribution in [0, 0.1) is 0 Å². The molecule has 5 heteroatoms. The van der Waals surface area contributed by atoms with E-state index in [2.05, 4.69) is 46.6 Å². The van der Waals surface area contributed by atoms with E-state index in [1.165, 1.54) is 20.9 Å². The largest absolute Gasteiger partial charge is 0.370 e. The van der Waals surface area contributed by atoms with Crippen LogP contribution in [0.15, 0.2) is 36.4 Å². The normalized spacial score (nSPS) is 24.1. The maximum atomic E-state index is 12.7. The van der Waals surface area contributed by atoms with Gasteiger partial charge < -0.3 is 15.0 Å². The number of nitrogens with zero attached hydrogens (tertiary/aromatic N) is 1. The van der Waals surface area contributed by atoms with Gasteiger partial charge in [0.15, 0.2) is 0 Å². The summed E-state index contributed by atoms with van der Waals surface area (Å²) in [5.41, 5.74) is 2.47. The van der Waals surface area contributed by atoms with Crippen molar-refractivity contribution in [3.8, 4) is 10.4 Å². The number of benzene rings is 1. The molecule has 3 aliphatic heterocycles. The van der Waals surface area contributed by atoms with Crippen LogP contribution in [0.2, 0.25) is 0 Å². The van der Waals surface area contributed by atoms with Crippen LogP contribution in [0.25, 0.3) is 10.4 Å². The molecular formula is C22H26N2O2S. The first kappa shape index (κ1) is 17.4. The van der Waals surface area contributed by atoms with Crippen LogP contribution in [-0.4, -0.2) is 43.1 Å². The summed E-state index contributed by atoms with van der Waals surface area (Å²) in [4.78, 5) is 17.6. The summed E-state index contributed by atoms with van der Waals surface area (Å²) in [6.07, 6.45) is 4.90. The number of piperidine rings is 1. The Kier molecular flexibility index (Phi) is 4.54. The van der Waals surface area contributed by atoms with Crippen molar-refractivity contribution in [1.82, 2.24) is 10.2 Å². The molecule has 0 bridgehead atoms. The number of hydrogen-bond donors (Lipinski definition) is 1. The number of rotatable bonds is 2. The van der Waals surface area contributed by atoms with E-state index >= 15 is 0 Å². The lowest BCUT2D eigenvalue weighted by Crippen LogP contribution is -2.51. The molecule has 4 nitrogen and oxygen atoms in total. The smallest absolute Gasteiger partial charge is 0.239 e. The van der Waals surface area contributed by atoms with Crippen LogP contribution in [-0.2, 0) is 21.6 Å². The lowest BCUT2D eigenvalue weighted by molar-refractivity contribution is -0.142. The van der Waals surface area contributed by atoms with Crippen molar-refractivity contribution in [2.24, 2.45) is 0 Å². The van der Waals surface area contributed by atoms with E-state index in [-0.39, 0.29) is 17.6 Å². The van der Waals surface area contributed by atoms with Gasteiger partial charge in [-0.15, -0.1) is 11.3 Å². The van der Waals surface area contributed by atoms with E-state index in [1.54, 1.807) is 0 Å². The summed E-state index contributed by atoms with van der Waals surface area (Å²) in [5.74, 6) is 0.286. The quantitative estimate of drug-likeness (QED) is 0.864. The fourth-order valence-corrected chi connectivity index (χ4v) is 6.02. The van der Waals surface area contributed by atoms with Crippen LogP contribution in [0.5, 0.6) is 0 Å². The van der Waals surface area contributed by atoms with Gasteiger partial charge in [-0.2, -0.15) is 0 Å². The maximum absolute atomic E-state index is 12.7. The van der Waals surface area contributed by atoms with Gasteiger partial charge in [-0.25, -0.2) is 0 Å². The van der Waals surface area contributed by atoms with Crippen molar-refractivity contribution in [3.05, 3.63) is 46.8 Å². The van der Waals surface area contributed by atoms with Gasteiger partial charge in [-0.1, -0.05) is 30.3 Å². The molecule has 1 amide bonds. The van der Waals surface area contributed by atoms with Crippen LogP contribution >= 0.6 is 11.3 Å². The van der Waals surface area contributed by atoms with Crippen molar-refractivity contribution in [1.29, 1.82) is 0 Å². The average Bonchev–Trinajstić information content (AvgIpc) is 3.40. The molecule has 1 unspecified atom stereocenters. The van der Waals surface area contributed by atoms with Gasteiger partial charge >= 0.3 is 0 Å². The highest BCUT2D eigenvalue weighted by molar-refractivity contribution is 7.15. The lowest BCUT2D eigenvalue weighted by atomic mass is 9.82. The van der Waals surface area contributed by atoms with Crippen LogP contribution < -0.4 is 5.32 Å². The summed E-state index contributed by atoms with van der Waals surface area (Å²) in [5, 5.41) is 3.34. The Hall–Kier alpha value is -1.69. The van der Waals surface area contributed by atoms with Gasteiger partial charge in [0.05, 0.1) is 18.2 Å². The van der Waals surface area contributed by atoms with Crippen LogP contribution in [0.4, 0.5) is 0 Å². The summed E-state index contributed by atoms with van der Waals surface area (Å²) in [6.45, 7) is 3.36. The third kappa shape index (κ3) is 3.12. The predicted octanol–water partition coefficient (Wildman–Crippen LogP) is 3.56. The number of thiophene rings is 1. The average molecular weight is 383 g/mol. The monoisotopic (exact) mass is 382 g/mol. The second kappa shape index (κ2) is 7.04. The third-order valence-electron chi connectivity index (χ3n) is 6.31. The Labute approximate surface area is 164 Å². The molecule has 3 aliphatic rings. The first-order valence-electron chi connectivity index (χ1n) is 10.1. The van der Waals surface area contributed by atoms with Crippen LogP contribution in [0.1, 0.15) is 36.1 Å². The summed E-state index contributed by atoms with van der Waals surface area (Å²) in [6, 6.07) is 13.0. The lowest BCUT2D eigenvalue weighted by Gasteiger charge is -2.44. The van der Waals surface area contributed by atoms with E-state index in [1.807, 2.05) is 11.3 Å². The third-order valence-corrected chi connectivity index (χ3v) is 7.55. The van der Waals surface area contributed by atoms with Crippen molar-refractivity contribution in [2.75, 3.05) is 26.2 Å². The summed E-state index contributed by atoms with van der Waals surface area (Å²) >= 11 is 1.91. The molecule has 2 aromatic rings. The zero-order valence-electron chi connectivity index (χ0n) is 15.6. The highest BCUT2D eigenvalue weighted by Crippen LogP contribution is 2.46. The Bertz CT molecular complexity index is 818. The van der Waals surface area contributed by atoms with Gasteiger partial charge in [-0.3, -0.25) is 4.79 Å². The summed E-state index contributed by atoms with van der Waals surface area (Å²) in [7, 11) is 0. The standard InChI is InChI=1S/C22H26N2O2S/c25-21(18-7-4-11-23-18)24-12-9-22(10-13-24)17-15-20(16-5-2-1-3-6-16)27-19(17)8-14-26-22/h1-3,5-6,15,18,23H,4,7-14H2. The number of carbonyl (C=O) groups is 1. The molecule has 1 atom stereocenters. The second-order valence-corrected chi connectivity index (χ2v) is 9.02. The first-order valence-corrected chi connectivity index (χ1v) is 10.9. The molecule has 4 heterocycles. The van der Waals surface area contributed by atoms with Gasteiger partial charge in [-0.05, 0) is 49.4 Å². The van der Waals surface area contributed by atoms with Crippen molar-refractivity contribution in [2.45, 2.75) is 43.7 Å². The van der Waals surface area contributed by atoms with E-state index in [0.29, 0.717) is 0 Å². The molecule has 5 rings (SSSR count). The van der Waals surface area contributed by atoms with E-state index in [0.717, 1.165) is 58.3 Å². The SMILES string of the molecule is O=C(C1CCCN1)N1CCC2(CC1)OCCc1sc(-c3ccccc3)cc12. The maximum Gasteiger partial charge on any atom is 0.239 e. The number of amides is 1. The number of ether oxygens (including phenoxy) is 1. The second-order valence-electron chi connectivity index (χ2n) is 7.88. The van der Waals surface area contributed by atoms with E-state index in [4.69, 9.17) is 4.74 Å². The Morgan fingerprint density at radius 2 is 2.04 bits per heavy atom. The number of hydrogen-bond acceptors (Lipinski definition) is 4. The molecule has 1 aromatic heterocycles. The highest BCUT2D eigenvalue weighted by atomic mass is 32.1. The van der Waals surface area contributed by atoms with Gasteiger partial charge in [0, 0.05) is 29.3 Å². The molecular weight excluding hydrogens is 356 g/mol. The minimum atomic E-state index is -0.197. The molecule has 27 heavy (non-hydrogen) atoms. The fraction of sp³-hybridized carbons (Fsp3) is 0.500. The summed E-state index contributed by atoms with van der Waals surface area (Å²) < 4.78 is 6.39. The fourth-order valence-electron chi connectivity index (χ4n) is 4.78. The number of likely N-dealkylation sites (tertiary alicyclic amines) is 1. The molecule has 2 fully saturated rings. The van der Waals surface area contributed by atoms with Crippen molar-refractivity contribution < 1.29 is 9.53 Å². The number of carbonyl (C=O) groups excluding carboxylic acids is 1. The Morgan fingerprint density at radius 1 is 1.22 bits per heavy atom. The van der Waals surface area contributed by atoms with E-state index < -0.39 is 0 Å². The molecule has 0 saturated carbocycles. The molecule has 0 aliphatic carbocycles. The molecule has 1 N–H and O–H groups in total. The van der Waals surface area contributed by atoms with Gasteiger partial charge in [0.1, 0.15) is 0 Å². The van der Waals surface area contributed by atoms with Crippen molar-refractivity contribution in [3.63, 3.8) is 0 Å². The first-order chi connectivity index (χ1) is 13.3. The van der Waals surface area contributed by atoms with Gasteiger partial charge in [0.2, 0.25) is 5.91 Å². The number of nitrogens with one attached hydrogen (secondary N) is 1. The predicted molar refractivity (Wildman–Crippen MR) is 108 cm³/mol. The topological polar surface area (TPSA) is 41.6 Å². The van der Waals surface area contributed by atoms with E-state index in [9.17, 15) is 4.79 Å². The molecule has 142 valence electrons.